The second kappa shape index (κ2) is 11.6. The van der Waals surface area contributed by atoms with E-state index in [1.165, 1.54) is 12.3 Å². The first-order chi connectivity index (χ1) is 14.3. The molecule has 1 aromatic rings. The van der Waals surface area contributed by atoms with E-state index in [0.717, 1.165) is 12.0 Å². The number of nitrogens with one attached hydrogen (secondary N) is 1. The number of hydrogen-bond donors (Lipinski definition) is 3. The van der Waals surface area contributed by atoms with Crippen LogP contribution in [0.15, 0.2) is 43.4 Å². The van der Waals surface area contributed by atoms with Crippen molar-refractivity contribution in [2.75, 3.05) is 19.7 Å². The quantitative estimate of drug-likeness (QED) is 0.369. The molecule has 3 rings (SSSR count). The highest BCUT2D eigenvalue weighted by atomic mass is 19.3. The van der Waals surface area contributed by atoms with E-state index in [0.29, 0.717) is 38.2 Å². The van der Waals surface area contributed by atoms with Crippen molar-refractivity contribution in [2.45, 2.75) is 44.1 Å². The van der Waals surface area contributed by atoms with Gasteiger partial charge in [-0.2, -0.15) is 0 Å². The molecule has 1 aliphatic carbocycles. The van der Waals surface area contributed by atoms with Crippen molar-refractivity contribution in [1.29, 1.82) is 0 Å². The molecule has 0 aromatic carbocycles. The third kappa shape index (κ3) is 7.72. The molecule has 30 heavy (non-hydrogen) atoms. The average Bonchev–Trinajstić information content (AvgIpc) is 3.23. The highest BCUT2D eigenvalue weighted by molar-refractivity contribution is 5.87. The van der Waals surface area contributed by atoms with Gasteiger partial charge in [-0.25, -0.2) is 8.78 Å². The fourth-order valence-electron chi connectivity index (χ4n) is 3.44. The largest absolute Gasteiger partial charge is 0.397 e. The molecule has 1 aromatic heterocycles. The molecule has 166 valence electrons. The molecular formula is C21H31F2N5O2. The number of ether oxygens (including phenoxy) is 1. The summed E-state index contributed by atoms with van der Waals surface area (Å²) in [6, 6.07) is 3.67. The van der Waals surface area contributed by atoms with Gasteiger partial charge in [-0.1, -0.05) is 6.58 Å². The molecule has 1 atom stereocenters. The van der Waals surface area contributed by atoms with E-state index in [9.17, 15) is 13.6 Å². The molecule has 7 nitrogen and oxygen atoms in total. The first-order valence-corrected chi connectivity index (χ1v) is 10.1. The maximum Gasteiger partial charge on any atom is 0.248 e. The predicted octanol–water partition coefficient (Wildman–Crippen LogP) is 2.42. The van der Waals surface area contributed by atoms with E-state index in [4.69, 9.17) is 16.3 Å². The van der Waals surface area contributed by atoms with E-state index < -0.39 is 5.92 Å². The Labute approximate surface area is 176 Å². The standard InChI is InChI=1S/C14H21F2NO2.C7H10N4/c1-2-13(18)17-8-5-12(9-17)19-10-11-3-6-14(15,16)7-4-11;8-7(5-11-9)6-2-1-3-10-4-6/h2,11-12H,1,3-10H2;1-5,11H,8-9H2/b;7-5-. The van der Waals surface area contributed by atoms with Gasteiger partial charge >= 0.3 is 0 Å². The van der Waals surface area contributed by atoms with E-state index in [-0.39, 0.29) is 30.8 Å². The van der Waals surface area contributed by atoms with Crippen LogP contribution in [0.4, 0.5) is 8.78 Å². The number of amides is 1. The zero-order chi connectivity index (χ0) is 22.0. The molecular weight excluding hydrogens is 392 g/mol. The summed E-state index contributed by atoms with van der Waals surface area (Å²) in [5.41, 5.74) is 9.36. The number of carbonyl (C=O) groups excluding carboxylic acids is 1. The maximum absolute atomic E-state index is 13.0. The lowest BCUT2D eigenvalue weighted by Gasteiger charge is -2.28. The van der Waals surface area contributed by atoms with Gasteiger partial charge in [0.05, 0.1) is 11.8 Å². The molecule has 1 amide bonds. The summed E-state index contributed by atoms with van der Waals surface area (Å²) in [4.78, 5) is 17.0. The lowest BCUT2D eigenvalue weighted by atomic mass is 9.87. The van der Waals surface area contributed by atoms with Crippen molar-refractivity contribution in [3.63, 3.8) is 0 Å². The number of rotatable bonds is 6. The number of nitrogens with two attached hydrogens (primary N) is 2. The normalized spacial score (nSPS) is 21.5. The zero-order valence-corrected chi connectivity index (χ0v) is 17.1. The van der Waals surface area contributed by atoms with Crippen molar-refractivity contribution >= 4 is 11.6 Å². The second-order valence-electron chi connectivity index (χ2n) is 7.54. The van der Waals surface area contributed by atoms with Crippen LogP contribution in [-0.4, -0.2) is 47.5 Å². The highest BCUT2D eigenvalue weighted by Crippen LogP contribution is 2.36. The van der Waals surface area contributed by atoms with Crippen LogP contribution in [0.25, 0.3) is 5.70 Å². The lowest BCUT2D eigenvalue weighted by Crippen LogP contribution is -2.30. The van der Waals surface area contributed by atoms with Crippen LogP contribution in [0.3, 0.4) is 0 Å². The van der Waals surface area contributed by atoms with Crippen molar-refractivity contribution in [2.24, 2.45) is 17.5 Å². The Balaban J connectivity index is 0.000000248. The van der Waals surface area contributed by atoms with Crippen molar-refractivity contribution in [3.05, 3.63) is 48.9 Å². The number of alkyl halides is 2. The molecule has 2 fully saturated rings. The summed E-state index contributed by atoms with van der Waals surface area (Å²) in [5.74, 6) is 2.74. The predicted molar refractivity (Wildman–Crippen MR) is 112 cm³/mol. The zero-order valence-electron chi connectivity index (χ0n) is 17.1. The van der Waals surface area contributed by atoms with Crippen LogP contribution in [0.2, 0.25) is 0 Å². The van der Waals surface area contributed by atoms with Crippen LogP contribution in [0.5, 0.6) is 0 Å². The molecule has 2 aliphatic rings. The minimum atomic E-state index is -2.48. The summed E-state index contributed by atoms with van der Waals surface area (Å²) in [6.07, 6.45) is 8.08. The number of hydrogen-bond acceptors (Lipinski definition) is 6. The van der Waals surface area contributed by atoms with Crippen molar-refractivity contribution in [1.82, 2.24) is 15.3 Å². The van der Waals surface area contributed by atoms with E-state index in [1.807, 2.05) is 12.1 Å². The number of hydrazine groups is 1. The topological polar surface area (TPSA) is 106 Å². The maximum atomic E-state index is 13.0. The molecule has 2 heterocycles. The van der Waals surface area contributed by atoms with Crippen LogP contribution in [0, 0.1) is 5.92 Å². The third-order valence-corrected chi connectivity index (χ3v) is 5.27. The van der Waals surface area contributed by atoms with Gasteiger partial charge in [0.1, 0.15) is 0 Å². The number of pyridine rings is 1. The molecule has 9 heteroatoms. The molecule has 0 radical (unpaired) electrons. The van der Waals surface area contributed by atoms with E-state index >= 15 is 0 Å². The molecule has 1 saturated heterocycles. The van der Waals surface area contributed by atoms with Gasteiger partial charge in [0, 0.05) is 56.7 Å². The monoisotopic (exact) mass is 423 g/mol. The summed E-state index contributed by atoms with van der Waals surface area (Å²) in [5, 5.41) is 0. The summed E-state index contributed by atoms with van der Waals surface area (Å²) in [7, 11) is 0. The Morgan fingerprint density at radius 3 is 2.73 bits per heavy atom. The minimum Gasteiger partial charge on any atom is -0.397 e. The highest BCUT2D eigenvalue weighted by Gasteiger charge is 2.35. The van der Waals surface area contributed by atoms with Crippen molar-refractivity contribution < 1.29 is 18.3 Å². The van der Waals surface area contributed by atoms with Crippen LogP contribution < -0.4 is 17.0 Å². The minimum absolute atomic E-state index is 0.0211. The Hall–Kier alpha value is -2.52. The fraction of sp³-hybridized carbons (Fsp3) is 0.524. The smallest absolute Gasteiger partial charge is 0.248 e. The second-order valence-corrected chi connectivity index (χ2v) is 7.54. The molecule has 5 N–H and O–H groups in total. The van der Waals surface area contributed by atoms with E-state index in [1.54, 1.807) is 17.3 Å². The van der Waals surface area contributed by atoms with Gasteiger partial charge in [-0.05, 0) is 43.4 Å². The molecule has 1 unspecified atom stereocenters. The Bertz CT molecular complexity index is 705. The summed E-state index contributed by atoms with van der Waals surface area (Å²) >= 11 is 0. The summed E-state index contributed by atoms with van der Waals surface area (Å²) < 4.78 is 31.8. The Morgan fingerprint density at radius 1 is 1.40 bits per heavy atom. The number of nitrogens with zero attached hydrogens (tertiary/aromatic N) is 2. The van der Waals surface area contributed by atoms with Gasteiger partial charge in [0.15, 0.2) is 0 Å². The molecule has 0 spiro atoms. The average molecular weight is 424 g/mol. The number of carbonyl (C=O) groups is 1. The fourth-order valence-corrected chi connectivity index (χ4v) is 3.44. The van der Waals surface area contributed by atoms with Gasteiger partial charge < -0.3 is 20.8 Å². The number of likely N-dealkylation sites (tertiary alicyclic amines) is 1. The van der Waals surface area contributed by atoms with Crippen LogP contribution in [0.1, 0.15) is 37.7 Å². The van der Waals surface area contributed by atoms with E-state index in [2.05, 4.69) is 17.0 Å². The third-order valence-electron chi connectivity index (χ3n) is 5.27. The van der Waals surface area contributed by atoms with Gasteiger partial charge in [-0.15, -0.1) is 0 Å². The first kappa shape index (κ1) is 23.8. The SMILES string of the molecule is C=CC(=O)N1CCC(OCC2CCC(F)(F)CC2)C1.NN/C=C(\N)c1cccnc1. The van der Waals surface area contributed by atoms with Crippen molar-refractivity contribution in [3.8, 4) is 0 Å². The molecule has 1 aliphatic heterocycles. The summed E-state index contributed by atoms with van der Waals surface area (Å²) in [6.45, 7) is 5.28. The lowest BCUT2D eigenvalue weighted by molar-refractivity contribution is -0.125. The Morgan fingerprint density at radius 2 is 2.13 bits per heavy atom. The van der Waals surface area contributed by atoms with Gasteiger partial charge in [-0.3, -0.25) is 15.6 Å². The van der Waals surface area contributed by atoms with Crippen LogP contribution >= 0.6 is 0 Å². The van der Waals surface area contributed by atoms with Gasteiger partial charge in [0.25, 0.3) is 0 Å². The molecule has 0 bridgehead atoms. The Kier molecular flexibility index (Phi) is 9.19. The van der Waals surface area contributed by atoms with Crippen LogP contribution in [-0.2, 0) is 9.53 Å². The first-order valence-electron chi connectivity index (χ1n) is 10.1. The number of aromatic nitrogens is 1. The molecule has 1 saturated carbocycles. The number of halogens is 2. The van der Waals surface area contributed by atoms with Gasteiger partial charge in [0.2, 0.25) is 11.8 Å².